The molecule has 0 radical (unpaired) electrons. The molecular formula is C17H17NO2S. The van der Waals surface area contributed by atoms with Gasteiger partial charge in [-0.15, -0.1) is 11.8 Å². The summed E-state index contributed by atoms with van der Waals surface area (Å²) in [5.74, 6) is 0.00302. The molecule has 0 saturated heterocycles. The summed E-state index contributed by atoms with van der Waals surface area (Å²) in [4.78, 5) is 24.3. The standard InChI is InChI=1S/C17H17NO2S/c1-12(19)14-8-10-16(11-9-14)21-13(2)17(20)18-15-6-4-3-5-7-15/h3-11,13H,1-2H3,(H,18,20). The first-order chi connectivity index (χ1) is 10.1. The van der Waals surface area contributed by atoms with E-state index in [1.54, 1.807) is 12.1 Å². The molecule has 1 N–H and O–H groups in total. The summed E-state index contributed by atoms with van der Waals surface area (Å²) in [5, 5.41) is 2.66. The number of anilines is 1. The maximum absolute atomic E-state index is 12.1. The van der Waals surface area contributed by atoms with Crippen molar-refractivity contribution in [2.75, 3.05) is 5.32 Å². The average Bonchev–Trinajstić information content (AvgIpc) is 2.48. The molecule has 0 aromatic heterocycles. The van der Waals surface area contributed by atoms with Crippen LogP contribution in [0.5, 0.6) is 0 Å². The number of hydrogen-bond donors (Lipinski definition) is 1. The third-order valence-corrected chi connectivity index (χ3v) is 4.10. The van der Waals surface area contributed by atoms with Gasteiger partial charge in [-0.2, -0.15) is 0 Å². The van der Waals surface area contributed by atoms with E-state index in [0.717, 1.165) is 10.6 Å². The van der Waals surface area contributed by atoms with E-state index in [-0.39, 0.29) is 16.9 Å². The predicted molar refractivity (Wildman–Crippen MR) is 86.8 cm³/mol. The Kier molecular flexibility index (Phi) is 5.17. The predicted octanol–water partition coefficient (Wildman–Crippen LogP) is 4.01. The van der Waals surface area contributed by atoms with Crippen LogP contribution >= 0.6 is 11.8 Å². The normalized spacial score (nSPS) is 11.7. The Morgan fingerprint density at radius 1 is 1.00 bits per heavy atom. The first-order valence-corrected chi connectivity index (χ1v) is 7.58. The van der Waals surface area contributed by atoms with E-state index in [2.05, 4.69) is 5.32 Å². The molecule has 0 aliphatic carbocycles. The zero-order valence-corrected chi connectivity index (χ0v) is 12.8. The fourth-order valence-corrected chi connectivity index (χ4v) is 2.66. The van der Waals surface area contributed by atoms with Gasteiger partial charge in [0.15, 0.2) is 5.78 Å². The molecule has 2 aromatic carbocycles. The molecule has 3 nitrogen and oxygen atoms in total. The van der Waals surface area contributed by atoms with Crippen LogP contribution in [0, 0.1) is 0 Å². The molecule has 0 bridgehead atoms. The lowest BCUT2D eigenvalue weighted by molar-refractivity contribution is -0.115. The Hall–Kier alpha value is -2.07. The number of carbonyl (C=O) groups excluding carboxylic acids is 2. The fourth-order valence-electron chi connectivity index (χ4n) is 1.79. The number of carbonyl (C=O) groups is 2. The zero-order chi connectivity index (χ0) is 15.2. The molecule has 0 aliphatic heterocycles. The minimum absolute atomic E-state index is 0.0400. The number of amides is 1. The van der Waals surface area contributed by atoms with Gasteiger partial charge in [0.05, 0.1) is 5.25 Å². The topological polar surface area (TPSA) is 46.2 Å². The number of Topliss-reactive ketones (excluding diaryl/α,β-unsaturated/α-hetero) is 1. The number of ketones is 1. The van der Waals surface area contributed by atoms with Crippen LogP contribution in [0.4, 0.5) is 5.69 Å². The van der Waals surface area contributed by atoms with Crippen molar-refractivity contribution >= 4 is 29.1 Å². The van der Waals surface area contributed by atoms with E-state index in [0.29, 0.717) is 5.56 Å². The molecule has 0 heterocycles. The van der Waals surface area contributed by atoms with E-state index < -0.39 is 0 Å². The van der Waals surface area contributed by atoms with Crippen molar-refractivity contribution in [1.29, 1.82) is 0 Å². The second-order valence-electron chi connectivity index (χ2n) is 4.70. The molecule has 0 saturated carbocycles. The molecule has 108 valence electrons. The summed E-state index contributed by atoms with van der Waals surface area (Å²) >= 11 is 1.47. The second kappa shape index (κ2) is 7.09. The van der Waals surface area contributed by atoms with Crippen molar-refractivity contribution in [1.82, 2.24) is 0 Å². The maximum Gasteiger partial charge on any atom is 0.237 e. The first kappa shape index (κ1) is 15.3. The zero-order valence-electron chi connectivity index (χ0n) is 12.0. The number of rotatable bonds is 5. The monoisotopic (exact) mass is 299 g/mol. The largest absolute Gasteiger partial charge is 0.325 e. The van der Waals surface area contributed by atoms with E-state index in [9.17, 15) is 9.59 Å². The molecule has 1 amide bonds. The van der Waals surface area contributed by atoms with Crippen molar-refractivity contribution in [3.8, 4) is 0 Å². The van der Waals surface area contributed by atoms with Gasteiger partial charge in [0.2, 0.25) is 5.91 Å². The van der Waals surface area contributed by atoms with Crippen LogP contribution in [0.15, 0.2) is 59.5 Å². The lowest BCUT2D eigenvalue weighted by Crippen LogP contribution is -2.22. The highest BCUT2D eigenvalue weighted by atomic mass is 32.2. The lowest BCUT2D eigenvalue weighted by atomic mass is 10.2. The minimum atomic E-state index is -0.214. The Bertz CT molecular complexity index is 623. The summed E-state index contributed by atoms with van der Waals surface area (Å²) in [6.45, 7) is 3.40. The third kappa shape index (κ3) is 4.46. The quantitative estimate of drug-likeness (QED) is 0.670. The van der Waals surface area contributed by atoms with Gasteiger partial charge < -0.3 is 5.32 Å². The van der Waals surface area contributed by atoms with Gasteiger partial charge >= 0.3 is 0 Å². The van der Waals surface area contributed by atoms with Gasteiger partial charge in [-0.05, 0) is 38.1 Å². The molecule has 2 rings (SSSR count). The van der Waals surface area contributed by atoms with E-state index in [4.69, 9.17) is 0 Å². The van der Waals surface area contributed by atoms with Crippen molar-refractivity contribution < 1.29 is 9.59 Å². The summed E-state index contributed by atoms with van der Waals surface area (Å²) in [5.41, 5.74) is 1.47. The van der Waals surface area contributed by atoms with E-state index in [1.165, 1.54) is 18.7 Å². The minimum Gasteiger partial charge on any atom is -0.325 e. The van der Waals surface area contributed by atoms with Crippen LogP contribution in [-0.4, -0.2) is 16.9 Å². The van der Waals surface area contributed by atoms with Gasteiger partial charge in [0.25, 0.3) is 0 Å². The Morgan fingerprint density at radius 2 is 1.62 bits per heavy atom. The van der Waals surface area contributed by atoms with Crippen LogP contribution in [0.25, 0.3) is 0 Å². The van der Waals surface area contributed by atoms with Crippen LogP contribution in [0.2, 0.25) is 0 Å². The van der Waals surface area contributed by atoms with Crippen molar-refractivity contribution in [3.05, 3.63) is 60.2 Å². The van der Waals surface area contributed by atoms with Crippen molar-refractivity contribution in [2.24, 2.45) is 0 Å². The highest BCUT2D eigenvalue weighted by molar-refractivity contribution is 8.00. The smallest absolute Gasteiger partial charge is 0.237 e. The average molecular weight is 299 g/mol. The van der Waals surface area contributed by atoms with Crippen LogP contribution in [-0.2, 0) is 4.79 Å². The van der Waals surface area contributed by atoms with Gasteiger partial charge in [-0.25, -0.2) is 0 Å². The first-order valence-electron chi connectivity index (χ1n) is 6.70. The number of para-hydroxylation sites is 1. The number of benzene rings is 2. The maximum atomic E-state index is 12.1. The number of hydrogen-bond acceptors (Lipinski definition) is 3. The number of nitrogens with one attached hydrogen (secondary N) is 1. The Labute approximate surface area is 128 Å². The molecule has 1 unspecified atom stereocenters. The molecule has 0 fully saturated rings. The van der Waals surface area contributed by atoms with Gasteiger partial charge in [0, 0.05) is 16.1 Å². The van der Waals surface area contributed by atoms with Crippen molar-refractivity contribution in [2.45, 2.75) is 24.0 Å². The Morgan fingerprint density at radius 3 is 2.19 bits per heavy atom. The molecule has 2 aromatic rings. The van der Waals surface area contributed by atoms with E-state index in [1.807, 2.05) is 49.4 Å². The van der Waals surface area contributed by atoms with Gasteiger partial charge in [0.1, 0.15) is 0 Å². The molecular weight excluding hydrogens is 282 g/mol. The van der Waals surface area contributed by atoms with Crippen LogP contribution in [0.1, 0.15) is 24.2 Å². The summed E-state index contributed by atoms with van der Waals surface area (Å²) in [6, 6.07) is 16.7. The summed E-state index contributed by atoms with van der Waals surface area (Å²) in [6.07, 6.45) is 0. The molecule has 0 aliphatic rings. The molecule has 0 spiro atoms. The SMILES string of the molecule is CC(=O)c1ccc(SC(C)C(=O)Nc2ccccc2)cc1. The third-order valence-electron chi connectivity index (χ3n) is 2.98. The van der Waals surface area contributed by atoms with Crippen LogP contribution < -0.4 is 5.32 Å². The number of thioether (sulfide) groups is 1. The summed E-state index contributed by atoms with van der Waals surface area (Å²) in [7, 11) is 0. The summed E-state index contributed by atoms with van der Waals surface area (Å²) < 4.78 is 0. The molecule has 1 atom stereocenters. The second-order valence-corrected chi connectivity index (χ2v) is 6.11. The van der Waals surface area contributed by atoms with Crippen LogP contribution in [0.3, 0.4) is 0 Å². The highest BCUT2D eigenvalue weighted by Gasteiger charge is 2.14. The lowest BCUT2D eigenvalue weighted by Gasteiger charge is -2.12. The molecule has 4 heteroatoms. The van der Waals surface area contributed by atoms with E-state index >= 15 is 0 Å². The molecule has 21 heavy (non-hydrogen) atoms. The Balaban J connectivity index is 1.95. The fraction of sp³-hybridized carbons (Fsp3) is 0.176. The van der Waals surface area contributed by atoms with Gasteiger partial charge in [-0.3, -0.25) is 9.59 Å². The van der Waals surface area contributed by atoms with Crippen molar-refractivity contribution in [3.63, 3.8) is 0 Å². The van der Waals surface area contributed by atoms with Gasteiger partial charge in [-0.1, -0.05) is 30.3 Å². The highest BCUT2D eigenvalue weighted by Crippen LogP contribution is 2.24.